The van der Waals surface area contributed by atoms with Gasteiger partial charge in [0.1, 0.15) is 17.2 Å². The zero-order valence-corrected chi connectivity index (χ0v) is 14.5. The molecule has 4 rings (SSSR count). The van der Waals surface area contributed by atoms with Crippen LogP contribution in [0, 0.1) is 0 Å². The van der Waals surface area contributed by atoms with Gasteiger partial charge in [0.25, 0.3) is 0 Å². The second-order valence-electron chi connectivity index (χ2n) is 5.80. The van der Waals surface area contributed by atoms with Gasteiger partial charge in [-0.2, -0.15) is 0 Å². The van der Waals surface area contributed by atoms with Gasteiger partial charge >= 0.3 is 0 Å². The molecule has 0 aliphatic carbocycles. The van der Waals surface area contributed by atoms with Crippen LogP contribution in [0.5, 0.6) is 0 Å². The molecule has 0 N–H and O–H groups in total. The van der Waals surface area contributed by atoms with Gasteiger partial charge in [0.15, 0.2) is 0 Å². The first-order valence-corrected chi connectivity index (χ1v) is 8.21. The Morgan fingerprint density at radius 3 is 2.76 bits per heavy atom. The highest BCUT2D eigenvalue weighted by molar-refractivity contribution is 6.31. The van der Waals surface area contributed by atoms with E-state index in [1.165, 1.54) is 0 Å². The van der Waals surface area contributed by atoms with Crippen LogP contribution >= 0.6 is 11.6 Å². The lowest BCUT2D eigenvalue weighted by Crippen LogP contribution is -1.99. The van der Waals surface area contributed by atoms with Crippen LogP contribution in [-0.2, 0) is 13.5 Å². The predicted octanol–water partition coefficient (Wildman–Crippen LogP) is 4.31. The molecule has 3 heterocycles. The van der Waals surface area contributed by atoms with Gasteiger partial charge in [0.2, 0.25) is 0 Å². The Balaban J connectivity index is 1.85. The maximum Gasteiger partial charge on any atom is 0.136 e. The average Bonchev–Trinajstić information content (AvgIpc) is 3.16. The molecule has 4 aromatic rings. The molecule has 1 aromatic carbocycles. The number of aryl methyl sites for hydroxylation is 1. The molecule has 124 valence electrons. The van der Waals surface area contributed by atoms with Crippen molar-refractivity contribution >= 4 is 45.8 Å². The van der Waals surface area contributed by atoms with Crippen LogP contribution in [0.15, 0.2) is 43.8 Å². The smallest absolute Gasteiger partial charge is 0.136 e. The number of hydrogen-bond acceptors (Lipinski definition) is 3. The minimum absolute atomic E-state index is 0.606. The summed E-state index contributed by atoms with van der Waals surface area (Å²) in [6, 6.07) is 5.70. The van der Waals surface area contributed by atoms with Gasteiger partial charge in [0.05, 0.1) is 22.9 Å². The second-order valence-corrected chi connectivity index (χ2v) is 6.24. The molecule has 0 saturated carbocycles. The maximum atomic E-state index is 6.17. The third-order valence-corrected chi connectivity index (χ3v) is 4.52. The lowest BCUT2D eigenvalue weighted by atomic mass is 10.2. The lowest BCUT2D eigenvalue weighted by molar-refractivity contribution is 0.836. The zero-order chi connectivity index (χ0) is 17.6. The van der Waals surface area contributed by atoms with E-state index in [2.05, 4.69) is 27.7 Å². The number of rotatable bonds is 4. The van der Waals surface area contributed by atoms with E-state index in [1.54, 1.807) is 18.5 Å². The number of halogens is 1. The molecule has 0 spiro atoms. The van der Waals surface area contributed by atoms with Crippen molar-refractivity contribution in [1.82, 2.24) is 24.1 Å². The summed E-state index contributed by atoms with van der Waals surface area (Å²) < 4.78 is 3.93. The summed E-state index contributed by atoms with van der Waals surface area (Å²) >= 11 is 6.17. The van der Waals surface area contributed by atoms with Crippen LogP contribution in [0.25, 0.3) is 34.2 Å². The first-order chi connectivity index (χ1) is 12.1. The van der Waals surface area contributed by atoms with E-state index in [-0.39, 0.29) is 0 Å². The Morgan fingerprint density at radius 2 is 2.04 bits per heavy atom. The zero-order valence-electron chi connectivity index (χ0n) is 13.8. The number of fused-ring (bicyclic) bond motifs is 3. The summed E-state index contributed by atoms with van der Waals surface area (Å²) in [6.45, 7) is 7.57. The molecule has 0 amide bonds. The van der Waals surface area contributed by atoms with Gasteiger partial charge in [-0.05, 0) is 24.3 Å². The fourth-order valence-corrected chi connectivity index (χ4v) is 3.25. The maximum absolute atomic E-state index is 6.17. The second kappa shape index (κ2) is 5.86. The number of pyridine rings is 1. The standard InChI is InChI=1S/C19H16ClN5/c1-4-17-22-13(11-25(17)5-2)9-18-23-16-10-21-15-7-6-12(20)8-14(15)19(16)24(18)3/h4-8,10-11H,1-2,9H2,3H3. The fourth-order valence-electron chi connectivity index (χ4n) is 3.08. The normalized spacial score (nSPS) is 11.3. The average molecular weight is 350 g/mol. The van der Waals surface area contributed by atoms with Crippen LogP contribution in [0.3, 0.4) is 0 Å². The van der Waals surface area contributed by atoms with E-state index in [0.717, 1.165) is 39.3 Å². The van der Waals surface area contributed by atoms with Gasteiger partial charge in [0, 0.05) is 36.3 Å². The molecule has 0 radical (unpaired) electrons. The predicted molar refractivity (Wildman–Crippen MR) is 103 cm³/mol. The van der Waals surface area contributed by atoms with Crippen LogP contribution in [0.2, 0.25) is 5.02 Å². The van der Waals surface area contributed by atoms with Crippen LogP contribution in [-0.4, -0.2) is 24.1 Å². The molecule has 0 saturated heterocycles. The number of hydrogen-bond donors (Lipinski definition) is 0. The highest BCUT2D eigenvalue weighted by atomic mass is 35.5. The van der Waals surface area contributed by atoms with Crippen molar-refractivity contribution in [2.45, 2.75) is 6.42 Å². The fraction of sp³-hybridized carbons (Fsp3) is 0.105. The molecular formula is C19H16ClN5. The summed E-state index contributed by atoms with van der Waals surface area (Å²) in [6.07, 6.45) is 7.76. The molecule has 0 atom stereocenters. The van der Waals surface area contributed by atoms with Crippen molar-refractivity contribution in [2.75, 3.05) is 0 Å². The Labute approximate surface area is 149 Å². The summed E-state index contributed by atoms with van der Waals surface area (Å²) in [5.41, 5.74) is 3.67. The number of benzene rings is 1. The molecule has 0 fully saturated rings. The van der Waals surface area contributed by atoms with Gasteiger partial charge in [-0.15, -0.1) is 0 Å². The van der Waals surface area contributed by atoms with Gasteiger partial charge in [-0.1, -0.05) is 24.8 Å². The first-order valence-electron chi connectivity index (χ1n) is 7.83. The Kier molecular flexibility index (Phi) is 3.66. The quantitative estimate of drug-likeness (QED) is 0.551. The summed E-state index contributed by atoms with van der Waals surface area (Å²) in [7, 11) is 2.00. The Hall–Kier alpha value is -2.92. The minimum Gasteiger partial charge on any atom is -0.330 e. The molecule has 5 nitrogen and oxygen atoms in total. The van der Waals surface area contributed by atoms with Crippen LogP contribution in [0.1, 0.15) is 17.3 Å². The monoisotopic (exact) mass is 349 g/mol. The third kappa shape index (κ3) is 2.53. The van der Waals surface area contributed by atoms with Crippen LogP contribution < -0.4 is 0 Å². The number of aromatic nitrogens is 5. The number of imidazole rings is 2. The minimum atomic E-state index is 0.606. The summed E-state index contributed by atoms with van der Waals surface area (Å²) in [5.74, 6) is 1.68. The molecule has 25 heavy (non-hydrogen) atoms. The van der Waals surface area contributed by atoms with Gasteiger partial charge in [-0.25, -0.2) is 9.97 Å². The SMILES string of the molecule is C=Cc1nc(Cc2nc3cnc4ccc(Cl)cc4c3n2C)cn1C=C. The molecule has 0 bridgehead atoms. The molecule has 0 unspecified atom stereocenters. The topological polar surface area (TPSA) is 48.5 Å². The van der Waals surface area contributed by atoms with Crippen LogP contribution in [0.4, 0.5) is 0 Å². The third-order valence-electron chi connectivity index (χ3n) is 4.28. The molecular weight excluding hydrogens is 334 g/mol. The summed E-state index contributed by atoms with van der Waals surface area (Å²) in [5, 5.41) is 1.68. The van der Waals surface area contributed by atoms with E-state index in [0.29, 0.717) is 11.4 Å². The van der Waals surface area contributed by atoms with Gasteiger partial charge in [-0.3, -0.25) is 4.98 Å². The highest BCUT2D eigenvalue weighted by Gasteiger charge is 2.14. The van der Waals surface area contributed by atoms with Crippen molar-refractivity contribution < 1.29 is 0 Å². The van der Waals surface area contributed by atoms with Gasteiger partial charge < -0.3 is 9.13 Å². The van der Waals surface area contributed by atoms with E-state index in [4.69, 9.17) is 16.6 Å². The molecule has 0 aliphatic heterocycles. The lowest BCUT2D eigenvalue weighted by Gasteiger charge is -2.03. The molecule has 6 heteroatoms. The first kappa shape index (κ1) is 15.6. The summed E-state index contributed by atoms with van der Waals surface area (Å²) in [4.78, 5) is 13.8. The Bertz CT molecular complexity index is 1110. The van der Waals surface area contributed by atoms with Crippen molar-refractivity contribution in [2.24, 2.45) is 7.05 Å². The highest BCUT2D eigenvalue weighted by Crippen LogP contribution is 2.27. The number of nitrogens with zero attached hydrogens (tertiary/aromatic N) is 5. The van der Waals surface area contributed by atoms with Crippen molar-refractivity contribution in [3.8, 4) is 0 Å². The van der Waals surface area contributed by atoms with E-state index < -0.39 is 0 Å². The molecule has 0 aliphatic rings. The molecule has 3 aromatic heterocycles. The Morgan fingerprint density at radius 1 is 1.20 bits per heavy atom. The van der Waals surface area contributed by atoms with Crippen molar-refractivity contribution in [1.29, 1.82) is 0 Å². The van der Waals surface area contributed by atoms with E-state index >= 15 is 0 Å². The van der Waals surface area contributed by atoms with E-state index in [9.17, 15) is 0 Å². The van der Waals surface area contributed by atoms with Crippen molar-refractivity contribution in [3.63, 3.8) is 0 Å². The largest absolute Gasteiger partial charge is 0.330 e. The van der Waals surface area contributed by atoms with E-state index in [1.807, 2.05) is 36.0 Å². The van der Waals surface area contributed by atoms with Crippen molar-refractivity contribution in [3.05, 3.63) is 66.1 Å².